The summed E-state index contributed by atoms with van der Waals surface area (Å²) >= 11 is 0. The Balaban J connectivity index is 2.34. The van der Waals surface area contributed by atoms with Gasteiger partial charge in [0.05, 0.1) is 0 Å². The van der Waals surface area contributed by atoms with Gasteiger partial charge in [-0.25, -0.2) is 0 Å². The van der Waals surface area contributed by atoms with Gasteiger partial charge in [0.25, 0.3) is 0 Å². The molecule has 2 heterocycles. The van der Waals surface area contributed by atoms with Crippen molar-refractivity contribution in [3.05, 3.63) is 11.6 Å². The first-order chi connectivity index (χ1) is 5.62. The minimum Gasteiger partial charge on any atom is -0.304 e. The van der Waals surface area contributed by atoms with Gasteiger partial charge < -0.3 is 5.32 Å². The number of Topliss-reactive ketones (excluding diaryl/α,β-unsaturated/α-hetero) is 1. The Kier molecular flexibility index (Phi) is 1.62. The van der Waals surface area contributed by atoms with Gasteiger partial charge in [-0.1, -0.05) is 6.08 Å². The monoisotopic (exact) mass is 165 g/mol. The lowest BCUT2D eigenvalue weighted by atomic mass is 9.87. The molecule has 0 spiro atoms. The Bertz CT molecular complexity index is 257. The predicted octanol–water partition coefficient (Wildman–Crippen LogP) is 1.42. The average molecular weight is 165 g/mol. The SMILES string of the molecule is CC(=O)C1=CCC2CCC1(C)N2. The van der Waals surface area contributed by atoms with E-state index in [1.807, 2.05) is 0 Å². The van der Waals surface area contributed by atoms with E-state index in [1.54, 1.807) is 6.92 Å². The van der Waals surface area contributed by atoms with Crippen molar-refractivity contribution in [2.75, 3.05) is 0 Å². The Labute approximate surface area is 73.0 Å². The zero-order chi connectivity index (χ0) is 8.77. The molecule has 66 valence electrons. The maximum absolute atomic E-state index is 11.3. The third kappa shape index (κ3) is 1.02. The second-order valence-electron chi connectivity index (χ2n) is 4.12. The van der Waals surface area contributed by atoms with E-state index in [9.17, 15) is 4.79 Å². The zero-order valence-corrected chi connectivity index (χ0v) is 7.68. The minimum absolute atomic E-state index is 0.00521. The molecule has 0 radical (unpaired) electrons. The third-order valence-electron chi connectivity index (χ3n) is 3.10. The standard InChI is InChI=1S/C10H15NO/c1-7(12)9-4-3-8-5-6-10(9,2)11-8/h4,8,11H,3,5-6H2,1-2H3. The maximum Gasteiger partial charge on any atom is 0.157 e. The van der Waals surface area contributed by atoms with E-state index in [-0.39, 0.29) is 11.3 Å². The van der Waals surface area contributed by atoms with Crippen LogP contribution in [0.15, 0.2) is 11.6 Å². The molecular weight excluding hydrogens is 150 g/mol. The molecule has 1 saturated heterocycles. The molecule has 0 saturated carbocycles. The lowest BCUT2D eigenvalue weighted by molar-refractivity contribution is -0.114. The molecule has 2 bridgehead atoms. The van der Waals surface area contributed by atoms with Crippen LogP contribution < -0.4 is 5.32 Å². The highest BCUT2D eigenvalue weighted by atomic mass is 16.1. The summed E-state index contributed by atoms with van der Waals surface area (Å²) < 4.78 is 0. The van der Waals surface area contributed by atoms with Crippen molar-refractivity contribution < 1.29 is 4.79 Å². The highest BCUT2D eigenvalue weighted by Crippen LogP contribution is 2.36. The predicted molar refractivity (Wildman–Crippen MR) is 47.9 cm³/mol. The maximum atomic E-state index is 11.3. The number of hydrogen-bond donors (Lipinski definition) is 1. The molecule has 1 fully saturated rings. The van der Waals surface area contributed by atoms with Gasteiger partial charge in [-0.2, -0.15) is 0 Å². The largest absolute Gasteiger partial charge is 0.304 e. The summed E-state index contributed by atoms with van der Waals surface area (Å²) in [5, 5.41) is 3.51. The first-order valence-corrected chi connectivity index (χ1v) is 4.61. The second-order valence-corrected chi connectivity index (χ2v) is 4.12. The number of nitrogens with one attached hydrogen (secondary N) is 1. The molecule has 0 aliphatic carbocycles. The summed E-state index contributed by atoms with van der Waals surface area (Å²) in [4.78, 5) is 11.3. The number of rotatable bonds is 1. The van der Waals surface area contributed by atoms with Gasteiger partial charge in [-0.3, -0.25) is 4.79 Å². The van der Waals surface area contributed by atoms with Gasteiger partial charge in [0.2, 0.25) is 0 Å². The molecule has 0 aromatic rings. The van der Waals surface area contributed by atoms with Crippen LogP contribution in [0.2, 0.25) is 0 Å². The van der Waals surface area contributed by atoms with E-state index in [0.29, 0.717) is 6.04 Å². The molecule has 2 atom stereocenters. The fourth-order valence-electron chi connectivity index (χ4n) is 2.46. The molecule has 1 N–H and O–H groups in total. The third-order valence-corrected chi connectivity index (χ3v) is 3.10. The summed E-state index contributed by atoms with van der Waals surface area (Å²) in [6.07, 6.45) is 5.48. The van der Waals surface area contributed by atoms with Crippen molar-refractivity contribution in [1.29, 1.82) is 0 Å². The molecular formula is C10H15NO. The van der Waals surface area contributed by atoms with E-state index in [2.05, 4.69) is 18.3 Å². The van der Waals surface area contributed by atoms with E-state index in [4.69, 9.17) is 0 Å². The van der Waals surface area contributed by atoms with E-state index < -0.39 is 0 Å². The van der Waals surface area contributed by atoms with Crippen LogP contribution in [0.25, 0.3) is 0 Å². The van der Waals surface area contributed by atoms with Gasteiger partial charge in [-0.15, -0.1) is 0 Å². The Hall–Kier alpha value is -0.630. The van der Waals surface area contributed by atoms with Gasteiger partial charge >= 0.3 is 0 Å². The van der Waals surface area contributed by atoms with Crippen molar-refractivity contribution in [3.63, 3.8) is 0 Å². The van der Waals surface area contributed by atoms with Crippen LogP contribution in [-0.2, 0) is 4.79 Å². The van der Waals surface area contributed by atoms with Crippen LogP contribution in [0, 0.1) is 0 Å². The average Bonchev–Trinajstić information content (AvgIpc) is 2.27. The van der Waals surface area contributed by atoms with Crippen LogP contribution in [0.4, 0.5) is 0 Å². The molecule has 0 aromatic carbocycles. The molecule has 2 heteroatoms. The van der Waals surface area contributed by atoms with Crippen LogP contribution >= 0.6 is 0 Å². The van der Waals surface area contributed by atoms with Crippen molar-refractivity contribution in [2.45, 2.75) is 44.7 Å². The minimum atomic E-state index is -0.00521. The summed E-state index contributed by atoms with van der Waals surface area (Å²) in [5.74, 6) is 0.227. The molecule has 2 aliphatic rings. The molecule has 2 unspecified atom stereocenters. The summed E-state index contributed by atoms with van der Waals surface area (Å²) in [5.41, 5.74) is 0.991. The number of ketones is 1. The lowest BCUT2D eigenvalue weighted by Crippen LogP contribution is -2.46. The number of carbonyl (C=O) groups is 1. The normalized spacial score (nSPS) is 39.5. The topological polar surface area (TPSA) is 29.1 Å². The van der Waals surface area contributed by atoms with Gasteiger partial charge in [0, 0.05) is 17.2 Å². The van der Waals surface area contributed by atoms with E-state index >= 15 is 0 Å². The van der Waals surface area contributed by atoms with Crippen LogP contribution in [0.1, 0.15) is 33.1 Å². The van der Waals surface area contributed by atoms with Crippen molar-refractivity contribution >= 4 is 5.78 Å². The Morgan fingerprint density at radius 1 is 1.75 bits per heavy atom. The van der Waals surface area contributed by atoms with Gasteiger partial charge in [0.15, 0.2) is 5.78 Å². The quantitative estimate of drug-likeness (QED) is 0.636. The van der Waals surface area contributed by atoms with Crippen LogP contribution in [0.3, 0.4) is 0 Å². The highest BCUT2D eigenvalue weighted by molar-refractivity contribution is 5.95. The van der Waals surface area contributed by atoms with Crippen molar-refractivity contribution in [1.82, 2.24) is 5.32 Å². The molecule has 2 aliphatic heterocycles. The summed E-state index contributed by atoms with van der Waals surface area (Å²) in [6.45, 7) is 3.80. The van der Waals surface area contributed by atoms with Crippen LogP contribution in [-0.4, -0.2) is 17.4 Å². The second kappa shape index (κ2) is 2.43. The molecule has 0 amide bonds. The molecule has 2 nitrogen and oxygen atoms in total. The van der Waals surface area contributed by atoms with Crippen molar-refractivity contribution in [2.24, 2.45) is 0 Å². The fourth-order valence-corrected chi connectivity index (χ4v) is 2.46. The number of carbonyl (C=O) groups excluding carboxylic acids is 1. The summed E-state index contributed by atoms with van der Waals surface area (Å²) in [7, 11) is 0. The van der Waals surface area contributed by atoms with Gasteiger partial charge in [-0.05, 0) is 33.1 Å². The van der Waals surface area contributed by atoms with E-state index in [0.717, 1.165) is 18.4 Å². The smallest absolute Gasteiger partial charge is 0.157 e. The molecule has 2 rings (SSSR count). The van der Waals surface area contributed by atoms with E-state index in [1.165, 1.54) is 6.42 Å². The molecule has 12 heavy (non-hydrogen) atoms. The zero-order valence-electron chi connectivity index (χ0n) is 7.68. The fraction of sp³-hybridized carbons (Fsp3) is 0.700. The number of hydrogen-bond acceptors (Lipinski definition) is 2. The van der Waals surface area contributed by atoms with Crippen LogP contribution in [0.5, 0.6) is 0 Å². The van der Waals surface area contributed by atoms with Crippen molar-refractivity contribution in [3.8, 4) is 0 Å². The Morgan fingerprint density at radius 2 is 2.50 bits per heavy atom. The first kappa shape index (κ1) is 7.99. The lowest BCUT2D eigenvalue weighted by Gasteiger charge is -2.31. The first-order valence-electron chi connectivity index (χ1n) is 4.61. The van der Waals surface area contributed by atoms with Gasteiger partial charge in [0.1, 0.15) is 0 Å². The Morgan fingerprint density at radius 3 is 3.17 bits per heavy atom. The molecule has 0 aromatic heterocycles. The summed E-state index contributed by atoms with van der Waals surface area (Å²) in [6, 6.07) is 0.623. The number of fused-ring (bicyclic) bond motifs is 2. The highest BCUT2D eigenvalue weighted by Gasteiger charge is 2.41.